The Morgan fingerprint density at radius 2 is 1.93 bits per heavy atom. The van der Waals surface area contributed by atoms with E-state index in [-0.39, 0.29) is 0 Å². The Kier molecular flexibility index (Phi) is 4.42. The monoisotopic (exact) mass is 225 g/mol. The molecular formula is C11H15NS2. The summed E-state index contributed by atoms with van der Waals surface area (Å²) in [6.07, 6.45) is 0. The molecule has 0 saturated carbocycles. The molecule has 1 rings (SSSR count). The van der Waals surface area contributed by atoms with Gasteiger partial charge in [-0.2, -0.15) is 0 Å². The number of hydrogen-bond acceptors (Lipinski definition) is 1. The van der Waals surface area contributed by atoms with Crippen molar-refractivity contribution in [2.24, 2.45) is 0 Å². The minimum atomic E-state index is 0.389. The highest BCUT2D eigenvalue weighted by molar-refractivity contribution is 8.10. The third-order valence-electron chi connectivity index (χ3n) is 2.06. The molecule has 3 heteroatoms. The van der Waals surface area contributed by atoms with Gasteiger partial charge >= 0.3 is 0 Å². The maximum atomic E-state index is 5.08. The van der Waals surface area contributed by atoms with Gasteiger partial charge in [0.05, 0.1) is 0 Å². The summed E-state index contributed by atoms with van der Waals surface area (Å²) in [6.45, 7) is 5.07. The Labute approximate surface area is 96.5 Å². The highest BCUT2D eigenvalue weighted by Gasteiger charge is 2.10. The SMILES string of the molecule is CC(C)N(Cc1ccccc1)C(=S)S. The molecule has 0 saturated heterocycles. The van der Waals surface area contributed by atoms with E-state index in [1.807, 2.05) is 18.2 Å². The normalized spacial score (nSPS) is 10.3. The van der Waals surface area contributed by atoms with E-state index in [1.54, 1.807) is 0 Å². The summed E-state index contributed by atoms with van der Waals surface area (Å²) in [5, 5.41) is 0. The second-order valence-corrected chi connectivity index (χ2v) is 4.60. The fraction of sp³-hybridized carbons (Fsp3) is 0.364. The molecule has 76 valence electrons. The molecule has 1 aromatic rings. The van der Waals surface area contributed by atoms with E-state index in [9.17, 15) is 0 Å². The summed E-state index contributed by atoms with van der Waals surface area (Å²) in [4.78, 5) is 2.09. The van der Waals surface area contributed by atoms with E-state index in [0.717, 1.165) is 6.54 Å². The third-order valence-corrected chi connectivity index (χ3v) is 2.56. The Morgan fingerprint density at radius 3 is 2.36 bits per heavy atom. The lowest BCUT2D eigenvalue weighted by atomic mass is 10.2. The first-order chi connectivity index (χ1) is 6.61. The van der Waals surface area contributed by atoms with Crippen LogP contribution in [0.5, 0.6) is 0 Å². The van der Waals surface area contributed by atoms with Crippen molar-refractivity contribution in [1.82, 2.24) is 4.90 Å². The van der Waals surface area contributed by atoms with Crippen molar-refractivity contribution in [2.45, 2.75) is 26.4 Å². The zero-order chi connectivity index (χ0) is 10.6. The molecule has 0 heterocycles. The van der Waals surface area contributed by atoms with Crippen molar-refractivity contribution in [2.75, 3.05) is 0 Å². The van der Waals surface area contributed by atoms with Gasteiger partial charge in [0.2, 0.25) is 0 Å². The third kappa shape index (κ3) is 3.31. The smallest absolute Gasteiger partial charge is 0.133 e. The van der Waals surface area contributed by atoms with Gasteiger partial charge in [-0.3, -0.25) is 0 Å². The molecular weight excluding hydrogens is 210 g/mol. The molecule has 14 heavy (non-hydrogen) atoms. The number of thiol groups is 1. The van der Waals surface area contributed by atoms with Gasteiger partial charge in [0, 0.05) is 12.6 Å². The molecule has 0 aromatic heterocycles. The van der Waals surface area contributed by atoms with E-state index >= 15 is 0 Å². The van der Waals surface area contributed by atoms with Crippen LogP contribution >= 0.6 is 24.8 Å². The molecule has 0 N–H and O–H groups in total. The zero-order valence-electron chi connectivity index (χ0n) is 8.47. The summed E-state index contributed by atoms with van der Waals surface area (Å²) >= 11 is 9.30. The summed E-state index contributed by atoms with van der Waals surface area (Å²) < 4.78 is 0.656. The van der Waals surface area contributed by atoms with Crippen LogP contribution < -0.4 is 0 Å². The summed E-state index contributed by atoms with van der Waals surface area (Å²) in [5.41, 5.74) is 1.26. The van der Waals surface area contributed by atoms with E-state index in [4.69, 9.17) is 12.2 Å². The quantitative estimate of drug-likeness (QED) is 0.622. The highest BCUT2D eigenvalue weighted by atomic mass is 32.1. The predicted molar refractivity (Wildman–Crippen MR) is 68.7 cm³/mol. The van der Waals surface area contributed by atoms with Crippen molar-refractivity contribution in [1.29, 1.82) is 0 Å². The number of nitrogens with zero attached hydrogens (tertiary/aromatic N) is 1. The van der Waals surface area contributed by atoms with Crippen molar-refractivity contribution in [3.8, 4) is 0 Å². The molecule has 0 unspecified atom stereocenters. The molecule has 0 amide bonds. The van der Waals surface area contributed by atoms with Crippen LogP contribution in [0.25, 0.3) is 0 Å². The van der Waals surface area contributed by atoms with Gasteiger partial charge < -0.3 is 4.90 Å². The van der Waals surface area contributed by atoms with Crippen molar-refractivity contribution < 1.29 is 0 Å². The largest absolute Gasteiger partial charge is 0.351 e. The maximum Gasteiger partial charge on any atom is 0.133 e. The van der Waals surface area contributed by atoms with Gasteiger partial charge in [0.25, 0.3) is 0 Å². The minimum absolute atomic E-state index is 0.389. The average Bonchev–Trinajstić information content (AvgIpc) is 2.15. The van der Waals surface area contributed by atoms with Crippen LogP contribution in [0.1, 0.15) is 19.4 Å². The Morgan fingerprint density at radius 1 is 1.36 bits per heavy atom. The number of rotatable bonds is 3. The molecule has 1 nitrogen and oxygen atoms in total. The molecule has 0 aliphatic rings. The van der Waals surface area contributed by atoms with Crippen LogP contribution in [0.3, 0.4) is 0 Å². The van der Waals surface area contributed by atoms with E-state index in [1.165, 1.54) is 5.56 Å². The van der Waals surface area contributed by atoms with Crippen LogP contribution in [0.4, 0.5) is 0 Å². The molecule has 1 aromatic carbocycles. The molecule has 0 radical (unpaired) electrons. The molecule has 0 atom stereocenters. The summed E-state index contributed by atoms with van der Waals surface area (Å²) in [5.74, 6) is 0. The zero-order valence-corrected chi connectivity index (χ0v) is 10.2. The van der Waals surface area contributed by atoms with Crippen molar-refractivity contribution in [3.63, 3.8) is 0 Å². The first kappa shape index (κ1) is 11.5. The van der Waals surface area contributed by atoms with E-state index < -0.39 is 0 Å². The minimum Gasteiger partial charge on any atom is -0.351 e. The van der Waals surface area contributed by atoms with Gasteiger partial charge in [-0.1, -0.05) is 42.5 Å². The Balaban J connectivity index is 2.70. The lowest BCUT2D eigenvalue weighted by Gasteiger charge is -2.26. The lowest BCUT2D eigenvalue weighted by molar-refractivity contribution is 0.355. The first-order valence-electron chi connectivity index (χ1n) is 4.64. The van der Waals surface area contributed by atoms with Crippen LogP contribution in [-0.2, 0) is 6.54 Å². The van der Waals surface area contributed by atoms with Gasteiger partial charge in [0.1, 0.15) is 4.32 Å². The van der Waals surface area contributed by atoms with E-state index in [0.29, 0.717) is 10.4 Å². The number of thiocarbonyl (C=S) groups is 1. The van der Waals surface area contributed by atoms with Gasteiger partial charge in [-0.25, -0.2) is 0 Å². The molecule has 0 bridgehead atoms. The molecule has 0 fully saturated rings. The highest BCUT2D eigenvalue weighted by Crippen LogP contribution is 2.10. The number of hydrogen-bond donors (Lipinski definition) is 1. The van der Waals surface area contributed by atoms with Crippen LogP contribution in [0, 0.1) is 0 Å². The van der Waals surface area contributed by atoms with Crippen LogP contribution in [-0.4, -0.2) is 15.3 Å². The Bertz CT molecular complexity index is 295. The van der Waals surface area contributed by atoms with Gasteiger partial charge in [-0.15, -0.1) is 12.6 Å². The summed E-state index contributed by atoms with van der Waals surface area (Å²) in [6, 6.07) is 10.7. The van der Waals surface area contributed by atoms with Crippen molar-refractivity contribution in [3.05, 3.63) is 35.9 Å². The van der Waals surface area contributed by atoms with Crippen LogP contribution in [0.2, 0.25) is 0 Å². The standard InChI is InChI=1S/C11H15NS2/c1-9(2)12(11(13)14)8-10-6-4-3-5-7-10/h3-7,9H,8H2,1-2H3,(H,13,14). The molecule has 0 aliphatic heterocycles. The topological polar surface area (TPSA) is 3.24 Å². The maximum absolute atomic E-state index is 5.08. The van der Waals surface area contributed by atoms with Gasteiger partial charge in [0.15, 0.2) is 0 Å². The fourth-order valence-electron chi connectivity index (χ4n) is 1.25. The van der Waals surface area contributed by atoms with Crippen molar-refractivity contribution >= 4 is 29.2 Å². The van der Waals surface area contributed by atoms with E-state index in [2.05, 4.69) is 43.5 Å². The average molecular weight is 225 g/mol. The number of benzene rings is 1. The second-order valence-electron chi connectivity index (χ2n) is 3.49. The van der Waals surface area contributed by atoms with Gasteiger partial charge in [-0.05, 0) is 19.4 Å². The molecule has 0 aliphatic carbocycles. The van der Waals surface area contributed by atoms with Crippen LogP contribution in [0.15, 0.2) is 30.3 Å². The lowest BCUT2D eigenvalue weighted by Crippen LogP contribution is -2.32. The molecule has 0 spiro atoms. The fourth-order valence-corrected chi connectivity index (χ4v) is 1.83. The Hall–Kier alpha value is -0.540. The summed E-state index contributed by atoms with van der Waals surface area (Å²) in [7, 11) is 0. The predicted octanol–water partition coefficient (Wildman–Crippen LogP) is 3.11. The second kappa shape index (κ2) is 5.37. The first-order valence-corrected chi connectivity index (χ1v) is 5.50.